The summed E-state index contributed by atoms with van der Waals surface area (Å²) >= 11 is 3.29. The van der Waals surface area contributed by atoms with E-state index in [1.807, 2.05) is 0 Å². The van der Waals surface area contributed by atoms with Crippen molar-refractivity contribution in [2.45, 2.75) is 12.0 Å². The third kappa shape index (κ3) is 1.74. The third-order valence-corrected chi connectivity index (χ3v) is 3.27. The Balaban J connectivity index is 2.20. The molecular formula is C11H12BrNO3. The minimum absolute atomic E-state index is 0.288. The molecule has 2 amide bonds. The number of fused-ring (bicyclic) bond motifs is 1. The second-order valence-electron chi connectivity index (χ2n) is 3.72. The fourth-order valence-electron chi connectivity index (χ4n) is 1.91. The number of ether oxygens (including phenoxy) is 1. The molecule has 16 heavy (non-hydrogen) atoms. The van der Waals surface area contributed by atoms with Crippen molar-refractivity contribution in [3.8, 4) is 0 Å². The fraction of sp³-hybridized carbons (Fsp3) is 0.455. The highest BCUT2D eigenvalue weighted by atomic mass is 79.9. The fourth-order valence-corrected chi connectivity index (χ4v) is 2.13. The molecule has 0 aromatic heterocycles. The van der Waals surface area contributed by atoms with Gasteiger partial charge in [-0.2, -0.15) is 0 Å². The Morgan fingerprint density at radius 2 is 2.25 bits per heavy atom. The van der Waals surface area contributed by atoms with Crippen molar-refractivity contribution in [1.82, 2.24) is 5.32 Å². The smallest absolute Gasteiger partial charge is 0.264 e. The Morgan fingerprint density at radius 3 is 3.00 bits per heavy atom. The average molecular weight is 286 g/mol. The summed E-state index contributed by atoms with van der Waals surface area (Å²) in [4.78, 5) is 23.3. The van der Waals surface area contributed by atoms with Crippen molar-refractivity contribution in [2.75, 3.05) is 11.9 Å². The molecule has 1 heterocycles. The van der Waals surface area contributed by atoms with Crippen LogP contribution in [0.4, 0.5) is 0 Å². The molecule has 0 aromatic rings. The van der Waals surface area contributed by atoms with Gasteiger partial charge >= 0.3 is 0 Å². The number of rotatable bonds is 4. The zero-order chi connectivity index (χ0) is 11.6. The molecule has 2 rings (SSSR count). The maximum atomic E-state index is 11.8. The van der Waals surface area contributed by atoms with Crippen molar-refractivity contribution in [3.05, 3.63) is 24.3 Å². The maximum Gasteiger partial charge on any atom is 0.264 e. The van der Waals surface area contributed by atoms with Crippen LogP contribution in [0.25, 0.3) is 0 Å². The van der Waals surface area contributed by atoms with E-state index in [0.717, 1.165) is 11.8 Å². The van der Waals surface area contributed by atoms with E-state index in [2.05, 4.69) is 21.2 Å². The molecule has 86 valence electrons. The Labute approximate surface area is 102 Å². The van der Waals surface area contributed by atoms with Crippen molar-refractivity contribution in [3.63, 3.8) is 0 Å². The number of halogens is 1. The topological polar surface area (TPSA) is 55.4 Å². The Bertz CT molecular complexity index is 377. The van der Waals surface area contributed by atoms with Gasteiger partial charge in [0.1, 0.15) is 0 Å². The van der Waals surface area contributed by atoms with E-state index < -0.39 is 11.5 Å². The second kappa shape index (κ2) is 4.51. The molecule has 5 heteroatoms. The highest BCUT2D eigenvalue weighted by Crippen LogP contribution is 2.33. The first-order chi connectivity index (χ1) is 7.70. The number of nitrogens with one attached hydrogen (secondary N) is 1. The molecule has 0 saturated carbocycles. The van der Waals surface area contributed by atoms with Crippen molar-refractivity contribution in [1.29, 1.82) is 0 Å². The van der Waals surface area contributed by atoms with Gasteiger partial charge in [0.05, 0.1) is 5.92 Å². The highest BCUT2D eigenvalue weighted by Gasteiger charge is 2.54. The van der Waals surface area contributed by atoms with Crippen LogP contribution in [0, 0.1) is 5.92 Å². The van der Waals surface area contributed by atoms with E-state index in [0.29, 0.717) is 6.61 Å². The molecule has 1 N–H and O–H groups in total. The summed E-state index contributed by atoms with van der Waals surface area (Å²) in [5, 5.41) is 3.12. The minimum Gasteiger partial charge on any atom is -0.360 e. The molecule has 2 unspecified atom stereocenters. The Morgan fingerprint density at radius 1 is 1.44 bits per heavy atom. The van der Waals surface area contributed by atoms with E-state index in [1.54, 1.807) is 24.3 Å². The van der Waals surface area contributed by atoms with Crippen LogP contribution in [0.15, 0.2) is 24.3 Å². The number of carbonyl (C=O) groups excluding carboxylic acids is 2. The Hall–Kier alpha value is -0.940. The van der Waals surface area contributed by atoms with Crippen LogP contribution in [0.2, 0.25) is 0 Å². The lowest BCUT2D eigenvalue weighted by atomic mass is 9.86. The normalized spacial score (nSPS) is 31.7. The average Bonchev–Trinajstić information content (AvgIpc) is 2.53. The second-order valence-corrected chi connectivity index (χ2v) is 4.52. The molecule has 1 saturated heterocycles. The van der Waals surface area contributed by atoms with E-state index in [-0.39, 0.29) is 11.8 Å². The molecule has 2 aliphatic rings. The number of hydrogen-bond donors (Lipinski definition) is 1. The van der Waals surface area contributed by atoms with Gasteiger partial charge in [0.25, 0.3) is 5.91 Å². The third-order valence-electron chi connectivity index (χ3n) is 2.71. The van der Waals surface area contributed by atoms with Crippen LogP contribution in [-0.4, -0.2) is 29.4 Å². The van der Waals surface area contributed by atoms with Crippen LogP contribution >= 0.6 is 15.9 Å². The summed E-state index contributed by atoms with van der Waals surface area (Å²) in [5.74, 6) is -1.18. The lowest BCUT2D eigenvalue weighted by Crippen LogP contribution is -2.44. The van der Waals surface area contributed by atoms with Crippen molar-refractivity contribution < 1.29 is 14.3 Å². The zero-order valence-corrected chi connectivity index (χ0v) is 10.2. The molecular weight excluding hydrogens is 274 g/mol. The number of hydrogen-bond acceptors (Lipinski definition) is 3. The van der Waals surface area contributed by atoms with Crippen LogP contribution in [0.3, 0.4) is 0 Å². The van der Waals surface area contributed by atoms with E-state index in [4.69, 9.17) is 4.74 Å². The summed E-state index contributed by atoms with van der Waals surface area (Å²) in [5.41, 5.74) is -1.12. The highest BCUT2D eigenvalue weighted by molar-refractivity contribution is 9.09. The van der Waals surface area contributed by atoms with Crippen molar-refractivity contribution >= 4 is 27.7 Å². The van der Waals surface area contributed by atoms with E-state index in [9.17, 15) is 9.59 Å². The SMILES string of the molecule is O=C1NC(=O)C2(OCCCBr)C=CC=CC12. The first-order valence-electron chi connectivity index (χ1n) is 5.12. The number of carbonyl (C=O) groups is 2. The lowest BCUT2D eigenvalue weighted by Gasteiger charge is -2.28. The van der Waals surface area contributed by atoms with Crippen LogP contribution in [-0.2, 0) is 14.3 Å². The molecule has 1 aliphatic carbocycles. The molecule has 1 fully saturated rings. The van der Waals surface area contributed by atoms with Gasteiger partial charge in [0, 0.05) is 11.9 Å². The van der Waals surface area contributed by atoms with Gasteiger partial charge in [0.15, 0.2) is 5.60 Å². The summed E-state index contributed by atoms with van der Waals surface area (Å²) in [6.07, 6.45) is 7.66. The first kappa shape index (κ1) is 11.5. The first-order valence-corrected chi connectivity index (χ1v) is 6.24. The molecule has 4 nitrogen and oxygen atoms in total. The maximum absolute atomic E-state index is 11.8. The lowest BCUT2D eigenvalue weighted by molar-refractivity contribution is -0.138. The number of amides is 2. The summed E-state index contributed by atoms with van der Waals surface area (Å²) in [7, 11) is 0. The van der Waals surface area contributed by atoms with Gasteiger partial charge in [0.2, 0.25) is 5.91 Å². The van der Waals surface area contributed by atoms with Crippen LogP contribution in [0.5, 0.6) is 0 Å². The molecule has 0 aromatic carbocycles. The standard InChI is InChI=1S/C11H12BrNO3/c12-6-3-7-16-11-5-2-1-4-8(11)9(14)13-10(11)15/h1-2,4-5,8H,3,6-7H2,(H,13,14,15). The quantitative estimate of drug-likeness (QED) is 0.475. The predicted molar refractivity (Wildman–Crippen MR) is 62.0 cm³/mol. The van der Waals surface area contributed by atoms with Gasteiger partial charge < -0.3 is 4.74 Å². The van der Waals surface area contributed by atoms with Gasteiger partial charge in [-0.1, -0.05) is 34.2 Å². The van der Waals surface area contributed by atoms with Gasteiger partial charge in [-0.05, 0) is 12.5 Å². The molecule has 0 spiro atoms. The molecule has 2 atom stereocenters. The number of imide groups is 1. The summed E-state index contributed by atoms with van der Waals surface area (Å²) in [6.45, 7) is 0.445. The molecule has 0 bridgehead atoms. The number of alkyl halides is 1. The summed E-state index contributed by atoms with van der Waals surface area (Å²) < 4.78 is 5.62. The summed E-state index contributed by atoms with van der Waals surface area (Å²) in [6, 6.07) is 0. The van der Waals surface area contributed by atoms with Crippen LogP contribution in [0.1, 0.15) is 6.42 Å². The van der Waals surface area contributed by atoms with Gasteiger partial charge in [-0.25, -0.2) is 0 Å². The zero-order valence-electron chi connectivity index (χ0n) is 8.61. The van der Waals surface area contributed by atoms with E-state index in [1.165, 1.54) is 0 Å². The minimum atomic E-state index is -1.12. The van der Waals surface area contributed by atoms with Crippen LogP contribution < -0.4 is 5.32 Å². The van der Waals surface area contributed by atoms with Gasteiger partial charge in [-0.3, -0.25) is 14.9 Å². The molecule has 1 aliphatic heterocycles. The molecule has 0 radical (unpaired) electrons. The van der Waals surface area contributed by atoms with Crippen molar-refractivity contribution in [2.24, 2.45) is 5.92 Å². The predicted octanol–water partition coefficient (Wildman–Crippen LogP) is 0.925. The monoisotopic (exact) mass is 285 g/mol. The number of allylic oxidation sites excluding steroid dienone is 2. The van der Waals surface area contributed by atoms with Gasteiger partial charge in [-0.15, -0.1) is 0 Å². The van der Waals surface area contributed by atoms with E-state index >= 15 is 0 Å². The Kier molecular flexibility index (Phi) is 3.25. The largest absolute Gasteiger partial charge is 0.360 e.